The van der Waals surface area contributed by atoms with Crippen LogP contribution in [0, 0.1) is 0 Å². The van der Waals surface area contributed by atoms with E-state index in [0.29, 0.717) is 17.2 Å². The molecule has 0 spiro atoms. The van der Waals surface area contributed by atoms with E-state index < -0.39 is 0 Å². The lowest BCUT2D eigenvalue weighted by Crippen LogP contribution is -2.12. The van der Waals surface area contributed by atoms with E-state index in [0.717, 1.165) is 11.4 Å². The molecule has 3 N–H and O–H groups in total. The van der Waals surface area contributed by atoms with Crippen LogP contribution < -0.4 is 11.1 Å². The molecule has 0 unspecified atom stereocenters. The maximum Gasteiger partial charge on any atom is 0.127 e. The van der Waals surface area contributed by atoms with Crippen molar-refractivity contribution in [2.24, 2.45) is 5.73 Å². The van der Waals surface area contributed by atoms with Gasteiger partial charge in [0, 0.05) is 18.9 Å². The molecule has 4 nitrogen and oxygen atoms in total. The Labute approximate surface area is 105 Å². The molecular weight excluding hydrogens is 232 g/mol. The van der Waals surface area contributed by atoms with E-state index in [-0.39, 0.29) is 0 Å². The van der Waals surface area contributed by atoms with Gasteiger partial charge in [0.25, 0.3) is 0 Å². The van der Waals surface area contributed by atoms with Crippen LogP contribution in [0.2, 0.25) is 0 Å². The van der Waals surface area contributed by atoms with Crippen LogP contribution in [0.15, 0.2) is 42.7 Å². The van der Waals surface area contributed by atoms with Crippen molar-refractivity contribution in [3.63, 3.8) is 0 Å². The Kier molecular flexibility index (Phi) is 3.62. The first-order chi connectivity index (χ1) is 8.25. The minimum Gasteiger partial charge on any atom is -0.388 e. The van der Waals surface area contributed by atoms with Crippen LogP contribution in [0.3, 0.4) is 0 Å². The number of hydrogen-bond acceptors (Lipinski definition) is 4. The van der Waals surface area contributed by atoms with Gasteiger partial charge in [-0.05, 0) is 29.8 Å². The van der Waals surface area contributed by atoms with E-state index in [1.807, 2.05) is 24.3 Å². The molecule has 0 aliphatic carbocycles. The van der Waals surface area contributed by atoms with E-state index in [4.69, 9.17) is 18.0 Å². The summed E-state index contributed by atoms with van der Waals surface area (Å²) in [6.45, 7) is 0.691. The summed E-state index contributed by atoms with van der Waals surface area (Å²) in [4.78, 5) is 8.56. The van der Waals surface area contributed by atoms with Gasteiger partial charge >= 0.3 is 0 Å². The third-order valence-electron chi connectivity index (χ3n) is 2.22. The van der Waals surface area contributed by atoms with Crippen molar-refractivity contribution >= 4 is 23.0 Å². The van der Waals surface area contributed by atoms with E-state index in [9.17, 15) is 0 Å². The van der Waals surface area contributed by atoms with Crippen LogP contribution in [0.1, 0.15) is 11.3 Å². The van der Waals surface area contributed by atoms with Crippen molar-refractivity contribution < 1.29 is 0 Å². The second-order valence-electron chi connectivity index (χ2n) is 3.48. The van der Waals surface area contributed by atoms with Gasteiger partial charge in [0.1, 0.15) is 10.8 Å². The van der Waals surface area contributed by atoms with Crippen molar-refractivity contribution in [3.05, 3.63) is 54.0 Å². The number of pyridine rings is 2. The number of thiocarbonyl (C=S) groups is 1. The second-order valence-corrected chi connectivity index (χ2v) is 3.92. The fourth-order valence-corrected chi connectivity index (χ4v) is 1.48. The molecule has 2 aromatic heterocycles. The zero-order chi connectivity index (χ0) is 12.1. The molecule has 0 bridgehead atoms. The summed E-state index contributed by atoms with van der Waals surface area (Å²) in [5.74, 6) is 0.757. The molecule has 5 heteroatoms. The Morgan fingerprint density at radius 3 is 2.71 bits per heavy atom. The summed E-state index contributed by atoms with van der Waals surface area (Å²) in [5.41, 5.74) is 7.29. The van der Waals surface area contributed by atoms with Crippen LogP contribution in [0.5, 0.6) is 0 Å². The lowest BCUT2D eigenvalue weighted by molar-refractivity contribution is 1.09. The largest absolute Gasteiger partial charge is 0.388 e. The first kappa shape index (κ1) is 11.5. The van der Waals surface area contributed by atoms with Crippen LogP contribution >= 0.6 is 12.2 Å². The van der Waals surface area contributed by atoms with E-state index in [1.54, 1.807) is 18.5 Å². The van der Waals surface area contributed by atoms with Crippen LogP contribution in [0.4, 0.5) is 5.82 Å². The predicted molar refractivity (Wildman–Crippen MR) is 71.7 cm³/mol. The molecule has 0 aliphatic rings. The molecule has 86 valence electrons. The quantitative estimate of drug-likeness (QED) is 0.802. The standard InChI is InChI=1S/C12H12N4S/c13-12(17)10-2-1-3-11(16-10)15-8-9-4-6-14-7-5-9/h1-7H,8H2,(H2,13,17)(H,15,16). The summed E-state index contributed by atoms with van der Waals surface area (Å²) in [7, 11) is 0. The van der Waals surface area contributed by atoms with Gasteiger partial charge < -0.3 is 11.1 Å². The zero-order valence-corrected chi connectivity index (χ0v) is 9.95. The molecule has 2 heterocycles. The monoisotopic (exact) mass is 244 g/mol. The Hall–Kier alpha value is -2.01. The number of nitrogens with one attached hydrogen (secondary N) is 1. The second kappa shape index (κ2) is 5.36. The van der Waals surface area contributed by atoms with Gasteiger partial charge in [-0.2, -0.15) is 0 Å². The minimum absolute atomic E-state index is 0.303. The van der Waals surface area contributed by atoms with Crippen molar-refractivity contribution in [2.75, 3.05) is 5.32 Å². The smallest absolute Gasteiger partial charge is 0.127 e. The molecule has 0 amide bonds. The molecule has 0 fully saturated rings. The van der Waals surface area contributed by atoms with Gasteiger partial charge in [-0.1, -0.05) is 18.3 Å². The highest BCUT2D eigenvalue weighted by Crippen LogP contribution is 2.07. The predicted octanol–water partition coefficient (Wildman–Crippen LogP) is 1.72. The molecule has 0 radical (unpaired) electrons. The van der Waals surface area contributed by atoms with E-state index >= 15 is 0 Å². The highest BCUT2D eigenvalue weighted by atomic mass is 32.1. The van der Waals surface area contributed by atoms with Gasteiger partial charge in [0.05, 0.1) is 5.69 Å². The summed E-state index contributed by atoms with van der Waals surface area (Å²) >= 11 is 4.88. The number of anilines is 1. The Bertz CT molecular complexity index is 513. The van der Waals surface area contributed by atoms with Crippen molar-refractivity contribution in [2.45, 2.75) is 6.54 Å². The summed E-state index contributed by atoms with van der Waals surface area (Å²) in [6.07, 6.45) is 3.52. The molecule has 0 saturated heterocycles. The molecule has 0 aromatic carbocycles. The average Bonchev–Trinajstić information content (AvgIpc) is 2.38. The normalized spacial score (nSPS) is 9.88. The van der Waals surface area contributed by atoms with Gasteiger partial charge in [0.15, 0.2) is 0 Å². The third-order valence-corrected chi connectivity index (χ3v) is 2.43. The molecule has 0 aliphatic heterocycles. The summed E-state index contributed by atoms with van der Waals surface area (Å²) < 4.78 is 0. The number of hydrogen-bond donors (Lipinski definition) is 2. The Morgan fingerprint density at radius 1 is 1.24 bits per heavy atom. The first-order valence-electron chi connectivity index (χ1n) is 5.15. The average molecular weight is 244 g/mol. The lowest BCUT2D eigenvalue weighted by atomic mass is 10.2. The maximum atomic E-state index is 5.52. The first-order valence-corrected chi connectivity index (χ1v) is 5.56. The molecular formula is C12H12N4S. The number of rotatable bonds is 4. The van der Waals surface area contributed by atoms with Crippen LogP contribution in [-0.4, -0.2) is 15.0 Å². The molecule has 2 aromatic rings. The van der Waals surface area contributed by atoms with Gasteiger partial charge in [-0.15, -0.1) is 0 Å². The highest BCUT2D eigenvalue weighted by molar-refractivity contribution is 7.80. The Morgan fingerprint density at radius 2 is 2.00 bits per heavy atom. The van der Waals surface area contributed by atoms with Crippen LogP contribution in [-0.2, 0) is 6.54 Å². The minimum atomic E-state index is 0.303. The number of aromatic nitrogens is 2. The van der Waals surface area contributed by atoms with Crippen LogP contribution in [0.25, 0.3) is 0 Å². The highest BCUT2D eigenvalue weighted by Gasteiger charge is 1.99. The SMILES string of the molecule is NC(=S)c1cccc(NCc2ccncc2)n1. The third kappa shape index (κ3) is 3.22. The number of nitrogens with zero attached hydrogens (tertiary/aromatic N) is 2. The molecule has 2 rings (SSSR count). The number of nitrogens with two attached hydrogens (primary N) is 1. The molecule has 17 heavy (non-hydrogen) atoms. The summed E-state index contributed by atoms with van der Waals surface area (Å²) in [6, 6.07) is 9.44. The zero-order valence-electron chi connectivity index (χ0n) is 9.13. The molecule has 0 atom stereocenters. The maximum absolute atomic E-state index is 5.52. The molecule has 0 saturated carbocycles. The fraction of sp³-hybridized carbons (Fsp3) is 0.0833. The summed E-state index contributed by atoms with van der Waals surface area (Å²) in [5, 5.41) is 3.20. The lowest BCUT2D eigenvalue weighted by Gasteiger charge is -2.06. The van der Waals surface area contributed by atoms with Crippen molar-refractivity contribution in [3.8, 4) is 0 Å². The van der Waals surface area contributed by atoms with Crippen molar-refractivity contribution in [1.82, 2.24) is 9.97 Å². The van der Waals surface area contributed by atoms with Gasteiger partial charge in [0.2, 0.25) is 0 Å². The fourth-order valence-electron chi connectivity index (χ4n) is 1.36. The van der Waals surface area contributed by atoms with Gasteiger partial charge in [-0.25, -0.2) is 4.98 Å². The van der Waals surface area contributed by atoms with Gasteiger partial charge in [-0.3, -0.25) is 4.98 Å². The van der Waals surface area contributed by atoms with E-state index in [2.05, 4.69) is 15.3 Å². The topological polar surface area (TPSA) is 63.8 Å². The Balaban J connectivity index is 2.04. The van der Waals surface area contributed by atoms with Crippen molar-refractivity contribution in [1.29, 1.82) is 0 Å². The van der Waals surface area contributed by atoms with E-state index in [1.165, 1.54) is 0 Å².